The molecule has 0 atom stereocenters. The second kappa shape index (κ2) is 13.5. The minimum Gasteiger partial charge on any atom is -0.475 e. The Morgan fingerprint density at radius 2 is 1.69 bits per heavy atom. The fourth-order valence-corrected chi connectivity index (χ4v) is 5.77. The highest BCUT2D eigenvalue weighted by Gasteiger charge is 2.38. The molecule has 4 rings (SSSR count). The number of halogens is 6. The topological polar surface area (TPSA) is 104 Å². The zero-order valence-electron chi connectivity index (χ0n) is 22.6. The third-order valence-electron chi connectivity index (χ3n) is 6.69. The number of nitrogens with zero attached hydrogens (tertiary/aromatic N) is 4. The van der Waals surface area contributed by atoms with Gasteiger partial charge < -0.3 is 10.0 Å². The summed E-state index contributed by atoms with van der Waals surface area (Å²) in [4.78, 5) is 20.5. The van der Waals surface area contributed by atoms with Crippen LogP contribution >= 0.6 is 0 Å². The highest BCUT2D eigenvalue weighted by atomic mass is 32.2. The molecule has 1 aliphatic rings. The lowest BCUT2D eigenvalue weighted by Gasteiger charge is -2.38. The first kappa shape index (κ1) is 32.8. The van der Waals surface area contributed by atoms with Gasteiger partial charge in [-0.15, -0.1) is 0 Å². The molecule has 3 heterocycles. The van der Waals surface area contributed by atoms with Gasteiger partial charge in [0.25, 0.3) is 0 Å². The van der Waals surface area contributed by atoms with E-state index in [1.54, 1.807) is 12.1 Å². The quantitative estimate of drug-likeness (QED) is 0.295. The number of hydrogen-bond donors (Lipinski definition) is 1. The average Bonchev–Trinajstić information content (AvgIpc) is 2.91. The monoisotopic (exact) mass is 618 g/mol. The molecule has 0 radical (unpaired) electrons. The molecule has 42 heavy (non-hydrogen) atoms. The summed E-state index contributed by atoms with van der Waals surface area (Å²) >= 11 is 0. The number of piperidine rings is 1. The first-order valence-electron chi connectivity index (χ1n) is 12.6. The summed E-state index contributed by atoms with van der Waals surface area (Å²) in [5, 5.41) is 6.46. The van der Waals surface area contributed by atoms with Gasteiger partial charge in [-0.25, -0.2) is 32.0 Å². The van der Waals surface area contributed by atoms with Crippen molar-refractivity contribution in [1.29, 1.82) is 0 Å². The summed E-state index contributed by atoms with van der Waals surface area (Å²) < 4.78 is 99.8. The number of sulfone groups is 1. The van der Waals surface area contributed by atoms with E-state index in [0.29, 0.717) is 17.8 Å². The third-order valence-corrected chi connectivity index (χ3v) is 8.24. The average molecular weight is 619 g/mol. The van der Waals surface area contributed by atoms with Gasteiger partial charge in [0, 0.05) is 43.9 Å². The summed E-state index contributed by atoms with van der Waals surface area (Å²) in [5.74, 6) is -5.34. The number of aliphatic carboxylic acids is 1. The Morgan fingerprint density at radius 1 is 1.07 bits per heavy atom. The van der Waals surface area contributed by atoms with Crippen molar-refractivity contribution in [2.45, 2.75) is 49.3 Å². The molecule has 1 N–H and O–H groups in total. The molecule has 8 nitrogen and oxygen atoms in total. The van der Waals surface area contributed by atoms with E-state index in [2.05, 4.69) is 14.9 Å². The van der Waals surface area contributed by atoms with Crippen molar-refractivity contribution in [2.75, 3.05) is 25.0 Å². The van der Waals surface area contributed by atoms with Gasteiger partial charge in [-0.2, -0.15) is 17.6 Å². The Bertz CT molecular complexity index is 1510. The van der Waals surface area contributed by atoms with Crippen molar-refractivity contribution in [3.63, 3.8) is 0 Å². The molecule has 0 bridgehead atoms. The molecular formula is C27H28F6N4O4S. The number of pyridine rings is 2. The third kappa shape index (κ3) is 8.41. The maximum absolute atomic E-state index is 15.2. The van der Waals surface area contributed by atoms with Crippen LogP contribution in [0.3, 0.4) is 0 Å². The van der Waals surface area contributed by atoms with Crippen LogP contribution < -0.4 is 4.90 Å². The fraction of sp³-hybridized carbons (Fsp3) is 0.370. The normalized spacial score (nSPS) is 14.7. The second-order valence-corrected chi connectivity index (χ2v) is 11.5. The number of benzene rings is 1. The highest BCUT2D eigenvalue weighted by molar-refractivity contribution is 7.90. The predicted octanol–water partition coefficient (Wildman–Crippen LogP) is 4.91. The molecule has 0 unspecified atom stereocenters. The Kier molecular flexibility index (Phi) is 10.5. The van der Waals surface area contributed by atoms with Crippen LogP contribution in [0.4, 0.5) is 32.0 Å². The van der Waals surface area contributed by atoms with Gasteiger partial charge in [0.2, 0.25) is 15.8 Å². The van der Waals surface area contributed by atoms with E-state index in [4.69, 9.17) is 9.90 Å². The molecule has 3 aromatic rings. The predicted molar refractivity (Wildman–Crippen MR) is 141 cm³/mol. The standard InChI is InChI=1S/C25H27F3N4O2S.C2HF3O2/c1-17-22(14-29-25(24(17)28)35(33,34)16-19-7-5-9-23(27)30-19)31(2)20-10-12-32(13-11-20)15-18-6-3-4-8-21(18)26;3-2(4,5)1(6)7/h3-9,14,20H,10-13,15-16H2,1-2H3;(H,6,7). The number of anilines is 1. The lowest BCUT2D eigenvalue weighted by atomic mass is 10.0. The van der Waals surface area contributed by atoms with Crippen LogP contribution in [0.5, 0.6) is 0 Å². The van der Waals surface area contributed by atoms with Crippen molar-refractivity contribution in [2.24, 2.45) is 0 Å². The van der Waals surface area contributed by atoms with Crippen LogP contribution in [0.2, 0.25) is 0 Å². The first-order valence-corrected chi connectivity index (χ1v) is 14.2. The number of likely N-dealkylation sites (tertiary alicyclic amines) is 1. The van der Waals surface area contributed by atoms with E-state index in [1.165, 1.54) is 31.3 Å². The van der Waals surface area contributed by atoms with Crippen LogP contribution in [0.25, 0.3) is 0 Å². The largest absolute Gasteiger partial charge is 0.490 e. The fourth-order valence-electron chi connectivity index (χ4n) is 4.44. The number of rotatable bonds is 7. The van der Waals surface area contributed by atoms with Crippen LogP contribution in [0.1, 0.15) is 29.7 Å². The van der Waals surface area contributed by atoms with Crippen molar-refractivity contribution < 1.29 is 44.7 Å². The molecule has 1 fully saturated rings. The Balaban J connectivity index is 0.000000616. The van der Waals surface area contributed by atoms with E-state index in [1.807, 2.05) is 18.0 Å². The molecular weight excluding hydrogens is 590 g/mol. The Labute approximate surface area is 238 Å². The number of carboxylic acid groups (broad SMARTS) is 1. The maximum Gasteiger partial charge on any atom is 0.490 e. The van der Waals surface area contributed by atoms with Gasteiger partial charge in [0.05, 0.1) is 23.3 Å². The van der Waals surface area contributed by atoms with Gasteiger partial charge in [0.1, 0.15) is 5.82 Å². The molecule has 228 valence electrons. The molecule has 0 spiro atoms. The van der Waals surface area contributed by atoms with Crippen molar-refractivity contribution >= 4 is 21.5 Å². The number of aromatic nitrogens is 2. The maximum atomic E-state index is 15.2. The number of carbonyl (C=O) groups is 1. The summed E-state index contributed by atoms with van der Waals surface area (Å²) in [6.07, 6.45) is -2.13. The van der Waals surface area contributed by atoms with E-state index in [-0.39, 0.29) is 23.1 Å². The van der Waals surface area contributed by atoms with Crippen molar-refractivity contribution in [1.82, 2.24) is 14.9 Å². The lowest BCUT2D eigenvalue weighted by Crippen LogP contribution is -2.43. The Morgan fingerprint density at radius 3 is 2.26 bits per heavy atom. The highest BCUT2D eigenvalue weighted by Crippen LogP contribution is 2.30. The Hall–Kier alpha value is -3.72. The summed E-state index contributed by atoms with van der Waals surface area (Å²) in [6.45, 7) is 3.57. The van der Waals surface area contributed by atoms with Crippen LogP contribution in [-0.2, 0) is 26.9 Å². The van der Waals surface area contributed by atoms with Gasteiger partial charge in [-0.1, -0.05) is 24.3 Å². The molecule has 0 aliphatic carbocycles. The van der Waals surface area contributed by atoms with Crippen molar-refractivity contribution in [3.8, 4) is 0 Å². The van der Waals surface area contributed by atoms with E-state index < -0.39 is 44.5 Å². The number of carboxylic acids is 1. The lowest BCUT2D eigenvalue weighted by molar-refractivity contribution is -0.192. The molecule has 1 saturated heterocycles. The van der Waals surface area contributed by atoms with Crippen LogP contribution in [0, 0.1) is 24.5 Å². The van der Waals surface area contributed by atoms with Gasteiger partial charge >= 0.3 is 12.1 Å². The van der Waals surface area contributed by atoms with Gasteiger partial charge in [0.15, 0.2) is 10.8 Å². The van der Waals surface area contributed by atoms with Crippen LogP contribution in [-0.4, -0.2) is 66.7 Å². The molecule has 1 aliphatic heterocycles. The van der Waals surface area contributed by atoms with E-state index in [0.717, 1.165) is 32.0 Å². The zero-order chi connectivity index (χ0) is 31.2. The first-order chi connectivity index (χ1) is 19.6. The number of alkyl halides is 3. The van der Waals surface area contributed by atoms with Gasteiger partial charge in [-0.05, 0) is 38.0 Å². The molecule has 15 heteroatoms. The SMILES string of the molecule is Cc1c(N(C)C2CCN(Cc3ccccc3F)CC2)cnc(S(=O)(=O)Cc2cccc(F)n2)c1F.O=C(O)C(F)(F)F. The molecule has 2 aromatic heterocycles. The summed E-state index contributed by atoms with van der Waals surface area (Å²) in [6, 6.07) is 10.7. The molecule has 0 amide bonds. The summed E-state index contributed by atoms with van der Waals surface area (Å²) in [7, 11) is -2.32. The minimum atomic E-state index is -5.08. The minimum absolute atomic E-state index is 0.0211. The number of hydrogen-bond acceptors (Lipinski definition) is 7. The zero-order valence-corrected chi connectivity index (χ0v) is 23.4. The van der Waals surface area contributed by atoms with Gasteiger partial charge in [-0.3, -0.25) is 4.90 Å². The van der Waals surface area contributed by atoms with Crippen molar-refractivity contribution in [3.05, 3.63) is 83.1 Å². The van der Waals surface area contributed by atoms with E-state index >= 15 is 4.39 Å². The molecule has 1 aromatic carbocycles. The molecule has 0 saturated carbocycles. The van der Waals surface area contributed by atoms with E-state index in [9.17, 15) is 30.4 Å². The second-order valence-electron chi connectivity index (χ2n) is 9.61. The van der Waals surface area contributed by atoms with Crippen LogP contribution in [0.15, 0.2) is 53.7 Å². The summed E-state index contributed by atoms with van der Waals surface area (Å²) in [5.41, 5.74) is 1.33. The smallest absolute Gasteiger partial charge is 0.475 e.